The Labute approximate surface area is 113 Å². The quantitative estimate of drug-likeness (QED) is 0.325. The number of thioether (sulfide) groups is 1. The number of halogens is 1. The summed E-state index contributed by atoms with van der Waals surface area (Å²) in [6, 6.07) is 6.17. The van der Waals surface area contributed by atoms with Crippen molar-refractivity contribution in [2.24, 2.45) is 16.7 Å². The van der Waals surface area contributed by atoms with Gasteiger partial charge in [-0.05, 0) is 24.3 Å². The smallest absolute Gasteiger partial charge is 0.257 e. The van der Waals surface area contributed by atoms with Gasteiger partial charge in [-0.25, -0.2) is 0 Å². The number of nitrogens with zero attached hydrogens (tertiary/aromatic N) is 1. The molecule has 0 aromatic heterocycles. The molecule has 0 aliphatic rings. The third-order valence-electron chi connectivity index (χ3n) is 1.84. The summed E-state index contributed by atoms with van der Waals surface area (Å²) in [4.78, 5) is 23.0. The number of hydrazone groups is 1. The van der Waals surface area contributed by atoms with Crippen molar-refractivity contribution in [1.29, 1.82) is 0 Å². The van der Waals surface area contributed by atoms with Crippen LogP contribution in [0.3, 0.4) is 0 Å². The maximum Gasteiger partial charge on any atom is 0.257 e. The highest BCUT2D eigenvalue weighted by Gasteiger charge is 2.10. The SMILES string of the molecule is NN=C(N)SCC(=O)NC(=O)c1ccc(Cl)cc1. The molecule has 1 aromatic carbocycles. The second kappa shape index (κ2) is 6.87. The molecule has 2 amide bonds. The zero-order valence-corrected chi connectivity index (χ0v) is 10.8. The van der Waals surface area contributed by atoms with Gasteiger partial charge in [0.05, 0.1) is 5.75 Å². The predicted octanol–water partition coefficient (Wildman–Crippen LogP) is 0.518. The molecule has 0 bridgehead atoms. The zero-order chi connectivity index (χ0) is 13.5. The largest absolute Gasteiger partial charge is 0.377 e. The fourth-order valence-corrected chi connectivity index (χ4v) is 1.56. The monoisotopic (exact) mass is 286 g/mol. The third kappa shape index (κ3) is 4.64. The first-order valence-corrected chi connectivity index (χ1v) is 6.15. The number of rotatable bonds is 3. The summed E-state index contributed by atoms with van der Waals surface area (Å²) in [7, 11) is 0. The highest BCUT2D eigenvalue weighted by atomic mass is 35.5. The Kier molecular flexibility index (Phi) is 5.47. The van der Waals surface area contributed by atoms with Crippen LogP contribution in [0, 0.1) is 0 Å². The summed E-state index contributed by atoms with van der Waals surface area (Å²) < 4.78 is 0. The van der Waals surface area contributed by atoms with E-state index < -0.39 is 11.8 Å². The van der Waals surface area contributed by atoms with Gasteiger partial charge in [0.1, 0.15) is 0 Å². The maximum absolute atomic E-state index is 11.6. The van der Waals surface area contributed by atoms with Gasteiger partial charge in [0.25, 0.3) is 5.91 Å². The first kappa shape index (κ1) is 14.3. The molecule has 5 N–H and O–H groups in total. The average molecular weight is 287 g/mol. The van der Waals surface area contributed by atoms with E-state index in [9.17, 15) is 9.59 Å². The number of amides is 2. The molecule has 18 heavy (non-hydrogen) atoms. The van der Waals surface area contributed by atoms with E-state index in [1.54, 1.807) is 12.1 Å². The van der Waals surface area contributed by atoms with Crippen molar-refractivity contribution in [1.82, 2.24) is 5.32 Å². The summed E-state index contributed by atoms with van der Waals surface area (Å²) in [6.07, 6.45) is 0. The van der Waals surface area contributed by atoms with Gasteiger partial charge in [-0.2, -0.15) is 5.10 Å². The van der Waals surface area contributed by atoms with Gasteiger partial charge >= 0.3 is 0 Å². The number of hydrogen-bond donors (Lipinski definition) is 3. The summed E-state index contributed by atoms with van der Waals surface area (Å²) >= 11 is 6.62. The Bertz CT molecular complexity index is 475. The van der Waals surface area contributed by atoms with Crippen molar-refractivity contribution in [3.8, 4) is 0 Å². The highest BCUT2D eigenvalue weighted by Crippen LogP contribution is 2.09. The number of benzene rings is 1. The van der Waals surface area contributed by atoms with Gasteiger partial charge in [-0.15, -0.1) is 0 Å². The first-order chi connectivity index (χ1) is 8.52. The molecule has 0 saturated heterocycles. The van der Waals surface area contributed by atoms with Crippen LogP contribution in [-0.4, -0.2) is 22.7 Å². The Morgan fingerprint density at radius 2 is 1.94 bits per heavy atom. The first-order valence-electron chi connectivity index (χ1n) is 4.79. The summed E-state index contributed by atoms with van der Waals surface area (Å²) in [5, 5.41) is 5.97. The lowest BCUT2D eigenvalue weighted by molar-refractivity contribution is -0.117. The molecule has 0 radical (unpaired) electrons. The molecule has 0 spiro atoms. The standard InChI is InChI=1S/C10H11ClN4O2S/c11-7-3-1-6(2-4-7)9(17)14-8(16)5-18-10(12)15-13/h1-4H,5,13H2,(H2,12,15)(H,14,16,17). The lowest BCUT2D eigenvalue weighted by atomic mass is 10.2. The lowest BCUT2D eigenvalue weighted by Gasteiger charge is -2.03. The molecule has 0 aliphatic carbocycles. The van der Waals surface area contributed by atoms with E-state index in [2.05, 4.69) is 10.4 Å². The van der Waals surface area contributed by atoms with Crippen LogP contribution in [0.4, 0.5) is 0 Å². The molecule has 1 rings (SSSR count). The molecule has 6 nitrogen and oxygen atoms in total. The molecule has 1 aromatic rings. The van der Waals surface area contributed by atoms with Gasteiger partial charge in [-0.3, -0.25) is 14.9 Å². The number of imide groups is 1. The Hall–Kier alpha value is -1.73. The second-order valence-electron chi connectivity index (χ2n) is 3.14. The van der Waals surface area contributed by atoms with E-state index in [4.69, 9.17) is 23.2 Å². The zero-order valence-electron chi connectivity index (χ0n) is 9.22. The van der Waals surface area contributed by atoms with E-state index in [1.165, 1.54) is 12.1 Å². The van der Waals surface area contributed by atoms with E-state index in [0.717, 1.165) is 11.8 Å². The number of carbonyl (C=O) groups is 2. The minimum atomic E-state index is -0.500. The van der Waals surface area contributed by atoms with Gasteiger partial charge in [0.15, 0.2) is 5.17 Å². The highest BCUT2D eigenvalue weighted by molar-refractivity contribution is 8.14. The number of carbonyl (C=O) groups excluding carboxylic acids is 2. The molecule has 0 unspecified atom stereocenters. The van der Waals surface area contributed by atoms with Crippen molar-refractivity contribution < 1.29 is 9.59 Å². The van der Waals surface area contributed by atoms with Crippen LogP contribution in [0.15, 0.2) is 29.4 Å². The lowest BCUT2D eigenvalue weighted by Crippen LogP contribution is -2.32. The van der Waals surface area contributed by atoms with E-state index in [0.29, 0.717) is 10.6 Å². The predicted molar refractivity (Wildman–Crippen MR) is 72.2 cm³/mol. The maximum atomic E-state index is 11.6. The molecule has 0 atom stereocenters. The minimum absolute atomic E-state index is 0.0359. The molecule has 0 aliphatic heterocycles. The molecule has 0 fully saturated rings. The van der Waals surface area contributed by atoms with Gasteiger partial charge in [-0.1, -0.05) is 23.4 Å². The van der Waals surface area contributed by atoms with E-state index >= 15 is 0 Å². The van der Waals surface area contributed by atoms with Gasteiger partial charge in [0.2, 0.25) is 5.91 Å². The van der Waals surface area contributed by atoms with Crippen molar-refractivity contribution in [2.45, 2.75) is 0 Å². The van der Waals surface area contributed by atoms with Crippen LogP contribution in [0.5, 0.6) is 0 Å². The fraction of sp³-hybridized carbons (Fsp3) is 0.100. The third-order valence-corrected chi connectivity index (χ3v) is 2.90. The summed E-state index contributed by atoms with van der Waals surface area (Å²) in [5.41, 5.74) is 5.63. The van der Waals surface area contributed by atoms with Gasteiger partial charge < -0.3 is 11.6 Å². The van der Waals surface area contributed by atoms with Crippen LogP contribution in [0.25, 0.3) is 0 Å². The van der Waals surface area contributed by atoms with Gasteiger partial charge in [0, 0.05) is 10.6 Å². The average Bonchev–Trinajstić information content (AvgIpc) is 2.36. The topological polar surface area (TPSA) is 111 Å². The molecule has 8 heteroatoms. The van der Waals surface area contributed by atoms with Crippen molar-refractivity contribution in [2.75, 3.05) is 5.75 Å². The van der Waals surface area contributed by atoms with Crippen molar-refractivity contribution >= 4 is 40.3 Å². The van der Waals surface area contributed by atoms with Crippen LogP contribution in [0.1, 0.15) is 10.4 Å². The molecule has 0 saturated carbocycles. The number of amidine groups is 1. The normalized spacial score (nSPS) is 11.1. The van der Waals surface area contributed by atoms with E-state index in [1.807, 2.05) is 0 Å². The minimum Gasteiger partial charge on any atom is -0.377 e. The van der Waals surface area contributed by atoms with Crippen molar-refractivity contribution in [3.05, 3.63) is 34.9 Å². The molecular formula is C10H11ClN4O2S. The van der Waals surface area contributed by atoms with Crippen LogP contribution >= 0.6 is 23.4 Å². The fourth-order valence-electron chi connectivity index (χ4n) is 1.01. The summed E-state index contributed by atoms with van der Waals surface area (Å²) in [6.45, 7) is 0. The molecule has 0 heterocycles. The molecular weight excluding hydrogens is 276 g/mol. The van der Waals surface area contributed by atoms with Crippen LogP contribution in [-0.2, 0) is 4.79 Å². The number of nitrogens with one attached hydrogen (secondary N) is 1. The van der Waals surface area contributed by atoms with Crippen LogP contribution in [0.2, 0.25) is 5.02 Å². The Morgan fingerprint density at radius 3 is 2.50 bits per heavy atom. The summed E-state index contributed by atoms with van der Waals surface area (Å²) in [5.74, 6) is 3.88. The molecule has 96 valence electrons. The van der Waals surface area contributed by atoms with Crippen LogP contribution < -0.4 is 16.9 Å². The second-order valence-corrected chi connectivity index (χ2v) is 4.57. The van der Waals surface area contributed by atoms with E-state index in [-0.39, 0.29) is 10.9 Å². The van der Waals surface area contributed by atoms with Crippen molar-refractivity contribution in [3.63, 3.8) is 0 Å². The number of nitrogens with two attached hydrogens (primary N) is 2. The Balaban J connectivity index is 2.49. The number of hydrogen-bond acceptors (Lipinski definition) is 5. The Morgan fingerprint density at radius 1 is 1.33 bits per heavy atom.